The van der Waals surface area contributed by atoms with Crippen LogP contribution >= 0.6 is 46.6 Å². The second-order valence-corrected chi connectivity index (χ2v) is 5.79. The second kappa shape index (κ2) is 3.08. The molecule has 0 saturated heterocycles. The first kappa shape index (κ1) is 8.65. The zero-order valence-electron chi connectivity index (χ0n) is 6.04. The molecule has 0 saturated carbocycles. The Bertz CT molecular complexity index is 436. The highest BCUT2D eigenvalue weighted by atomic mass is 127. The quantitative estimate of drug-likeness (QED) is 0.435. The van der Waals surface area contributed by atoms with E-state index >= 15 is 0 Å². The summed E-state index contributed by atoms with van der Waals surface area (Å²) in [5, 5.41) is 1.16. The van der Waals surface area contributed by atoms with Crippen LogP contribution in [0.4, 0.5) is 5.69 Å². The molecule has 1 nitrogen and oxygen atoms in total. The molecule has 62 valence electrons. The van der Waals surface area contributed by atoms with Crippen LogP contribution in [0.5, 0.6) is 0 Å². The third kappa shape index (κ3) is 1.31. The van der Waals surface area contributed by atoms with Crippen molar-refractivity contribution >= 4 is 62.3 Å². The van der Waals surface area contributed by atoms with Crippen LogP contribution in [0.2, 0.25) is 0 Å². The maximum absolute atomic E-state index is 5.67. The van der Waals surface area contributed by atoms with Gasteiger partial charge >= 0.3 is 0 Å². The smallest absolute Gasteiger partial charge is 0.0799 e. The Hall–Kier alpha value is 0.0600. The minimum absolute atomic E-state index is 0.798. The monoisotopic (exact) mass is 307 g/mol. The number of nitrogen functional groups attached to an aromatic ring is 1. The first-order chi connectivity index (χ1) is 5.68. The molecule has 12 heavy (non-hydrogen) atoms. The number of hydrogen-bond acceptors (Lipinski definition) is 3. The first-order valence-corrected chi connectivity index (χ1v) is 5.69. The van der Waals surface area contributed by atoms with Crippen LogP contribution in [0.25, 0.3) is 10.1 Å². The number of halogens is 1. The van der Waals surface area contributed by atoms with Crippen molar-refractivity contribution < 1.29 is 0 Å². The molecule has 0 unspecified atom stereocenters. The number of fused-ring (bicyclic) bond motifs is 1. The molecule has 0 aliphatic carbocycles. The SMILES string of the molecule is Nc1ccc2sc(I)c(S)c2c1. The molecule has 1 heterocycles. The summed E-state index contributed by atoms with van der Waals surface area (Å²) in [6.45, 7) is 0. The predicted molar refractivity (Wildman–Crippen MR) is 66.2 cm³/mol. The highest BCUT2D eigenvalue weighted by molar-refractivity contribution is 14.1. The fourth-order valence-electron chi connectivity index (χ4n) is 1.07. The van der Waals surface area contributed by atoms with Crippen LogP contribution in [-0.4, -0.2) is 0 Å². The summed E-state index contributed by atoms with van der Waals surface area (Å²) in [7, 11) is 0. The van der Waals surface area contributed by atoms with E-state index in [9.17, 15) is 0 Å². The third-order valence-electron chi connectivity index (χ3n) is 1.64. The van der Waals surface area contributed by atoms with Gasteiger partial charge in [0.15, 0.2) is 0 Å². The summed E-state index contributed by atoms with van der Waals surface area (Å²) in [4.78, 5) is 1.04. The van der Waals surface area contributed by atoms with Crippen LogP contribution in [-0.2, 0) is 0 Å². The summed E-state index contributed by atoms with van der Waals surface area (Å²) in [5.74, 6) is 0. The third-order valence-corrected chi connectivity index (χ3v) is 4.85. The molecular formula is C8H6INS2. The number of hydrogen-bond donors (Lipinski definition) is 2. The molecule has 0 aliphatic rings. The van der Waals surface area contributed by atoms with E-state index in [0.717, 1.165) is 16.0 Å². The molecule has 0 fully saturated rings. The molecular weight excluding hydrogens is 301 g/mol. The number of thiol groups is 1. The zero-order chi connectivity index (χ0) is 8.72. The summed E-state index contributed by atoms with van der Waals surface area (Å²) in [5.41, 5.74) is 6.47. The van der Waals surface area contributed by atoms with Gasteiger partial charge in [-0.3, -0.25) is 0 Å². The van der Waals surface area contributed by atoms with E-state index in [4.69, 9.17) is 5.73 Å². The number of rotatable bonds is 0. The fraction of sp³-hybridized carbons (Fsp3) is 0. The maximum atomic E-state index is 5.67. The molecule has 2 rings (SSSR count). The van der Waals surface area contributed by atoms with Crippen molar-refractivity contribution in [2.45, 2.75) is 4.90 Å². The second-order valence-electron chi connectivity index (χ2n) is 2.48. The summed E-state index contributed by atoms with van der Waals surface area (Å²) >= 11 is 8.44. The molecule has 0 aliphatic heterocycles. The molecule has 1 aromatic heterocycles. The molecule has 2 N–H and O–H groups in total. The summed E-state index contributed by atoms with van der Waals surface area (Å²) in [6.07, 6.45) is 0. The van der Waals surface area contributed by atoms with Crippen molar-refractivity contribution in [3.05, 3.63) is 21.1 Å². The largest absolute Gasteiger partial charge is 0.399 e. The van der Waals surface area contributed by atoms with Gasteiger partial charge in [-0.15, -0.1) is 24.0 Å². The van der Waals surface area contributed by atoms with E-state index in [0.29, 0.717) is 0 Å². The van der Waals surface area contributed by atoms with E-state index in [2.05, 4.69) is 35.2 Å². The van der Waals surface area contributed by atoms with Crippen LogP contribution in [0.3, 0.4) is 0 Å². The lowest BCUT2D eigenvalue weighted by Crippen LogP contribution is -1.81. The lowest BCUT2D eigenvalue weighted by Gasteiger charge is -1.92. The summed E-state index contributed by atoms with van der Waals surface area (Å²) in [6, 6.07) is 5.93. The highest BCUT2D eigenvalue weighted by Crippen LogP contribution is 2.35. The minimum atomic E-state index is 0.798. The lowest BCUT2D eigenvalue weighted by molar-refractivity contribution is 1.62. The van der Waals surface area contributed by atoms with Crippen molar-refractivity contribution in [1.82, 2.24) is 0 Å². The average Bonchev–Trinajstić information content (AvgIpc) is 2.31. The van der Waals surface area contributed by atoms with E-state index in [-0.39, 0.29) is 0 Å². The maximum Gasteiger partial charge on any atom is 0.0799 e. The molecule has 0 amide bonds. The molecule has 0 spiro atoms. The van der Waals surface area contributed by atoms with Crippen molar-refractivity contribution in [1.29, 1.82) is 0 Å². The van der Waals surface area contributed by atoms with Gasteiger partial charge in [0.05, 0.1) is 2.88 Å². The van der Waals surface area contributed by atoms with Gasteiger partial charge in [-0.2, -0.15) is 0 Å². The Morgan fingerprint density at radius 1 is 1.42 bits per heavy atom. The molecule has 0 atom stereocenters. The van der Waals surface area contributed by atoms with Crippen LogP contribution in [0, 0.1) is 2.88 Å². The van der Waals surface area contributed by atoms with Crippen molar-refractivity contribution in [2.75, 3.05) is 5.73 Å². The Kier molecular flexibility index (Phi) is 2.22. The zero-order valence-corrected chi connectivity index (χ0v) is 9.91. The Morgan fingerprint density at radius 2 is 2.17 bits per heavy atom. The van der Waals surface area contributed by atoms with Gasteiger partial charge in [-0.05, 0) is 40.8 Å². The Balaban J connectivity index is 2.88. The minimum Gasteiger partial charge on any atom is -0.399 e. The van der Waals surface area contributed by atoms with Gasteiger partial charge < -0.3 is 5.73 Å². The van der Waals surface area contributed by atoms with Gasteiger partial charge in [0.2, 0.25) is 0 Å². The topological polar surface area (TPSA) is 26.0 Å². The van der Waals surface area contributed by atoms with E-state index in [1.165, 1.54) is 7.58 Å². The number of anilines is 1. The number of benzene rings is 1. The standard InChI is InChI=1S/C8H6INS2/c9-8-7(11)5-3-4(10)1-2-6(5)12-8/h1-3,11H,10H2. The predicted octanol–water partition coefficient (Wildman–Crippen LogP) is 3.38. The lowest BCUT2D eigenvalue weighted by atomic mass is 10.2. The summed E-state index contributed by atoms with van der Waals surface area (Å²) < 4.78 is 2.47. The van der Waals surface area contributed by atoms with Crippen LogP contribution in [0.15, 0.2) is 23.1 Å². The van der Waals surface area contributed by atoms with Gasteiger partial charge in [-0.1, -0.05) is 0 Å². The number of nitrogens with two attached hydrogens (primary N) is 1. The van der Waals surface area contributed by atoms with Gasteiger partial charge in [0.25, 0.3) is 0 Å². The average molecular weight is 307 g/mol. The van der Waals surface area contributed by atoms with Gasteiger partial charge in [0.1, 0.15) is 0 Å². The van der Waals surface area contributed by atoms with Crippen molar-refractivity contribution in [3.8, 4) is 0 Å². The molecule has 1 aromatic carbocycles. The normalized spacial score (nSPS) is 10.8. The van der Waals surface area contributed by atoms with Crippen molar-refractivity contribution in [3.63, 3.8) is 0 Å². The van der Waals surface area contributed by atoms with Crippen LogP contribution in [0.1, 0.15) is 0 Å². The van der Waals surface area contributed by atoms with Gasteiger partial charge in [-0.25, -0.2) is 0 Å². The van der Waals surface area contributed by atoms with E-state index in [1.54, 1.807) is 11.3 Å². The first-order valence-electron chi connectivity index (χ1n) is 3.35. The highest BCUT2D eigenvalue weighted by Gasteiger charge is 2.05. The van der Waals surface area contributed by atoms with Crippen molar-refractivity contribution in [2.24, 2.45) is 0 Å². The van der Waals surface area contributed by atoms with Gasteiger partial charge in [0, 0.05) is 20.7 Å². The number of thiophene rings is 1. The fourth-order valence-corrected chi connectivity index (χ4v) is 3.28. The van der Waals surface area contributed by atoms with E-state index in [1.807, 2.05) is 18.2 Å². The molecule has 0 bridgehead atoms. The van der Waals surface area contributed by atoms with Crippen LogP contribution < -0.4 is 5.73 Å². The van der Waals surface area contributed by atoms with E-state index < -0.39 is 0 Å². The Labute approximate surface area is 93.5 Å². The molecule has 0 radical (unpaired) electrons. The Morgan fingerprint density at radius 3 is 2.92 bits per heavy atom. The molecule has 2 aromatic rings. The molecule has 4 heteroatoms.